The average Bonchev–Trinajstić information content (AvgIpc) is 2.90. The lowest BCUT2D eigenvalue weighted by molar-refractivity contribution is 0.154. The molecule has 0 aliphatic carbocycles. The van der Waals surface area contributed by atoms with E-state index in [4.69, 9.17) is 11.6 Å². The molecule has 0 aromatic carbocycles. The van der Waals surface area contributed by atoms with Crippen LogP contribution in [0.4, 0.5) is 0 Å². The summed E-state index contributed by atoms with van der Waals surface area (Å²) >= 11 is 5.86. The molecule has 108 valence electrons. The molecule has 1 aliphatic rings. The Hall–Kier alpha value is -0.590. The monoisotopic (exact) mass is 305 g/mol. The van der Waals surface area contributed by atoms with Crippen molar-refractivity contribution in [3.05, 3.63) is 17.4 Å². The molecule has 1 aromatic heterocycles. The van der Waals surface area contributed by atoms with Crippen molar-refractivity contribution in [3.63, 3.8) is 0 Å². The summed E-state index contributed by atoms with van der Waals surface area (Å²) in [6.45, 7) is 3.63. The van der Waals surface area contributed by atoms with Crippen LogP contribution < -0.4 is 0 Å². The number of sulfone groups is 1. The number of rotatable bonds is 6. The molecule has 2 heterocycles. The maximum absolute atomic E-state index is 11.6. The van der Waals surface area contributed by atoms with Gasteiger partial charge in [-0.3, -0.25) is 9.58 Å². The Labute approximate surface area is 119 Å². The van der Waals surface area contributed by atoms with Gasteiger partial charge in [-0.25, -0.2) is 8.42 Å². The van der Waals surface area contributed by atoms with Crippen LogP contribution in [0.25, 0.3) is 0 Å². The first-order chi connectivity index (χ1) is 9.00. The van der Waals surface area contributed by atoms with Gasteiger partial charge in [-0.1, -0.05) is 24.9 Å². The van der Waals surface area contributed by atoms with Gasteiger partial charge in [0.15, 0.2) is 9.84 Å². The minimum absolute atomic E-state index is 0.111. The minimum Gasteiger partial charge on any atom is -0.280 e. The first-order valence-electron chi connectivity index (χ1n) is 6.62. The Balaban J connectivity index is 2.03. The highest BCUT2D eigenvalue weighted by Crippen LogP contribution is 2.19. The quantitative estimate of drug-likeness (QED) is 0.804. The van der Waals surface area contributed by atoms with Crippen LogP contribution >= 0.6 is 11.6 Å². The van der Waals surface area contributed by atoms with E-state index in [0.29, 0.717) is 17.4 Å². The Morgan fingerprint density at radius 3 is 2.89 bits per heavy atom. The lowest BCUT2D eigenvalue weighted by Crippen LogP contribution is -2.38. The van der Waals surface area contributed by atoms with Crippen molar-refractivity contribution < 1.29 is 8.42 Å². The zero-order chi connectivity index (χ0) is 13.9. The number of aromatic nitrogens is 2. The van der Waals surface area contributed by atoms with Gasteiger partial charge in [-0.15, -0.1) is 0 Å². The topological polar surface area (TPSA) is 55.2 Å². The minimum atomic E-state index is -2.85. The summed E-state index contributed by atoms with van der Waals surface area (Å²) in [4.78, 5) is 2.21. The number of nitrogens with zero attached hydrogens (tertiary/aromatic N) is 3. The van der Waals surface area contributed by atoms with Crippen LogP contribution in [0.15, 0.2) is 12.4 Å². The van der Waals surface area contributed by atoms with Crippen molar-refractivity contribution in [2.75, 3.05) is 18.1 Å². The Bertz CT molecular complexity index is 515. The predicted octanol–water partition coefficient (Wildman–Crippen LogP) is 1.78. The molecule has 1 aromatic rings. The summed E-state index contributed by atoms with van der Waals surface area (Å²) in [6.07, 6.45) is 6.25. The van der Waals surface area contributed by atoms with Gasteiger partial charge in [0.1, 0.15) is 0 Å². The molecule has 1 aliphatic heterocycles. The van der Waals surface area contributed by atoms with Gasteiger partial charge in [0.25, 0.3) is 0 Å². The number of hydrogen-bond acceptors (Lipinski definition) is 4. The summed E-state index contributed by atoms with van der Waals surface area (Å²) in [5.41, 5.74) is 0. The summed E-state index contributed by atoms with van der Waals surface area (Å²) in [5, 5.41) is 4.77. The Morgan fingerprint density at radius 1 is 1.58 bits per heavy atom. The molecule has 1 saturated heterocycles. The number of halogens is 1. The molecule has 0 bridgehead atoms. The van der Waals surface area contributed by atoms with E-state index in [2.05, 4.69) is 16.9 Å². The van der Waals surface area contributed by atoms with E-state index < -0.39 is 9.84 Å². The van der Waals surface area contributed by atoms with Gasteiger partial charge in [-0.05, 0) is 12.8 Å². The van der Waals surface area contributed by atoms with Crippen molar-refractivity contribution >= 4 is 21.4 Å². The largest absolute Gasteiger partial charge is 0.280 e. The van der Waals surface area contributed by atoms with Gasteiger partial charge in [0.2, 0.25) is 0 Å². The highest BCUT2D eigenvalue weighted by Gasteiger charge is 2.32. The fourth-order valence-corrected chi connectivity index (χ4v) is 4.31. The fraction of sp³-hybridized carbons (Fsp3) is 0.750. The van der Waals surface area contributed by atoms with Gasteiger partial charge in [-0.2, -0.15) is 5.10 Å². The first-order valence-corrected chi connectivity index (χ1v) is 8.82. The van der Waals surface area contributed by atoms with Crippen LogP contribution in [0, 0.1) is 0 Å². The molecule has 0 saturated carbocycles. The molecule has 0 amide bonds. The number of unbranched alkanes of at least 4 members (excludes halogenated alkanes) is 1. The molecule has 0 N–H and O–H groups in total. The molecular weight excluding hydrogens is 286 g/mol. The number of hydrogen-bond donors (Lipinski definition) is 0. The van der Waals surface area contributed by atoms with E-state index in [9.17, 15) is 8.42 Å². The van der Waals surface area contributed by atoms with Gasteiger partial charge in [0, 0.05) is 18.8 Å². The Morgan fingerprint density at radius 2 is 2.37 bits per heavy atom. The molecule has 5 nitrogen and oxygen atoms in total. The molecule has 0 radical (unpaired) electrons. The molecule has 1 atom stereocenters. The molecule has 7 heteroatoms. The molecule has 0 spiro atoms. The Kier molecular flexibility index (Phi) is 4.86. The van der Waals surface area contributed by atoms with Crippen molar-refractivity contribution in [1.29, 1.82) is 0 Å². The average molecular weight is 306 g/mol. The van der Waals surface area contributed by atoms with E-state index in [0.717, 1.165) is 25.8 Å². The maximum Gasteiger partial charge on any atom is 0.151 e. The van der Waals surface area contributed by atoms with E-state index in [-0.39, 0.29) is 11.8 Å². The molecule has 1 unspecified atom stereocenters. The molecule has 2 rings (SSSR count). The lowest BCUT2D eigenvalue weighted by Gasteiger charge is -2.27. The first kappa shape index (κ1) is 14.8. The zero-order valence-electron chi connectivity index (χ0n) is 11.1. The van der Waals surface area contributed by atoms with Crippen LogP contribution in [0.5, 0.6) is 0 Å². The third-order valence-electron chi connectivity index (χ3n) is 3.45. The standard InChI is InChI=1S/C12H20ClN3O2S/c1-2-3-5-15(10-16-8-11(13)7-14-16)12-4-6-19(17,18)9-12/h7-8,12H,2-6,9-10H2,1H3. The van der Waals surface area contributed by atoms with Crippen LogP contribution in [-0.4, -0.2) is 47.2 Å². The highest BCUT2D eigenvalue weighted by molar-refractivity contribution is 7.91. The summed E-state index contributed by atoms with van der Waals surface area (Å²) < 4.78 is 25.0. The second-order valence-electron chi connectivity index (χ2n) is 5.06. The fourth-order valence-electron chi connectivity index (χ4n) is 2.40. The van der Waals surface area contributed by atoms with Crippen LogP contribution in [0.2, 0.25) is 5.02 Å². The van der Waals surface area contributed by atoms with Gasteiger partial charge < -0.3 is 0 Å². The summed E-state index contributed by atoms with van der Waals surface area (Å²) in [7, 11) is -2.85. The smallest absolute Gasteiger partial charge is 0.151 e. The van der Waals surface area contributed by atoms with Gasteiger partial charge in [0.05, 0.1) is 29.4 Å². The van der Waals surface area contributed by atoms with E-state index in [1.54, 1.807) is 17.1 Å². The van der Waals surface area contributed by atoms with Crippen molar-refractivity contribution in [3.8, 4) is 0 Å². The molecule has 19 heavy (non-hydrogen) atoms. The van der Waals surface area contributed by atoms with Crippen molar-refractivity contribution in [1.82, 2.24) is 14.7 Å². The predicted molar refractivity (Wildman–Crippen MR) is 75.9 cm³/mol. The van der Waals surface area contributed by atoms with Crippen LogP contribution in [-0.2, 0) is 16.5 Å². The van der Waals surface area contributed by atoms with Crippen LogP contribution in [0.3, 0.4) is 0 Å². The highest BCUT2D eigenvalue weighted by atomic mass is 35.5. The third-order valence-corrected chi connectivity index (χ3v) is 5.40. The second-order valence-corrected chi connectivity index (χ2v) is 7.73. The van der Waals surface area contributed by atoms with E-state index in [1.807, 2.05) is 0 Å². The third kappa shape index (κ3) is 4.19. The molecular formula is C12H20ClN3O2S. The van der Waals surface area contributed by atoms with E-state index in [1.165, 1.54) is 0 Å². The van der Waals surface area contributed by atoms with Gasteiger partial charge >= 0.3 is 0 Å². The van der Waals surface area contributed by atoms with Crippen molar-refractivity contribution in [2.45, 2.75) is 38.9 Å². The summed E-state index contributed by atoms with van der Waals surface area (Å²) in [5.74, 6) is 0.575. The SMILES string of the molecule is CCCCN(Cn1cc(Cl)cn1)C1CCS(=O)(=O)C1. The lowest BCUT2D eigenvalue weighted by atomic mass is 10.2. The van der Waals surface area contributed by atoms with Crippen LogP contribution in [0.1, 0.15) is 26.2 Å². The molecule has 1 fully saturated rings. The normalized spacial score (nSPS) is 22.2. The summed E-state index contributed by atoms with van der Waals surface area (Å²) in [6, 6.07) is 0.111. The van der Waals surface area contributed by atoms with Crippen molar-refractivity contribution in [2.24, 2.45) is 0 Å². The second kappa shape index (κ2) is 6.24. The zero-order valence-corrected chi connectivity index (χ0v) is 12.7. The van der Waals surface area contributed by atoms with E-state index >= 15 is 0 Å². The maximum atomic E-state index is 11.6.